The van der Waals surface area contributed by atoms with Gasteiger partial charge in [-0.05, 0) is 54.7 Å². The van der Waals surface area contributed by atoms with E-state index in [0.717, 1.165) is 61.6 Å². The maximum absolute atomic E-state index is 6.59. The number of nitrogens with one attached hydrogen (secondary N) is 1. The van der Waals surface area contributed by atoms with Crippen LogP contribution in [0, 0.1) is 0 Å². The predicted octanol–water partition coefficient (Wildman–Crippen LogP) is 4.48. The zero-order valence-electron chi connectivity index (χ0n) is 18.0. The van der Waals surface area contributed by atoms with E-state index in [2.05, 4.69) is 30.7 Å². The summed E-state index contributed by atoms with van der Waals surface area (Å²) in [5.74, 6) is 0. The fraction of sp³-hybridized carbons (Fsp3) is 0.333. The second-order valence-electron chi connectivity index (χ2n) is 8.17. The Balaban J connectivity index is 1.51. The number of aromatic nitrogens is 2. The summed E-state index contributed by atoms with van der Waals surface area (Å²) in [5.41, 5.74) is 2.92. The Morgan fingerprint density at radius 3 is 2.67 bits per heavy atom. The van der Waals surface area contributed by atoms with Crippen LogP contribution in [0.2, 0.25) is 10.0 Å². The molecular formula is C24H25Cl2N5OS. The van der Waals surface area contributed by atoms with Crippen LogP contribution in [0.3, 0.4) is 0 Å². The first-order valence-corrected chi connectivity index (χ1v) is 12.2. The van der Waals surface area contributed by atoms with Crippen molar-refractivity contribution in [3.63, 3.8) is 0 Å². The molecule has 3 aromatic rings. The molecule has 1 aromatic carbocycles. The summed E-state index contributed by atoms with van der Waals surface area (Å²) in [6, 6.07) is 15.6. The first-order valence-electron chi connectivity index (χ1n) is 11.0. The molecule has 2 atom stereocenters. The number of thiocarbonyl (C=S) groups is 1. The summed E-state index contributed by atoms with van der Waals surface area (Å²) in [7, 11) is 0. The minimum atomic E-state index is -0.0804. The lowest BCUT2D eigenvalue weighted by atomic mass is 10.0. The van der Waals surface area contributed by atoms with Gasteiger partial charge in [0.25, 0.3) is 0 Å². The maximum Gasteiger partial charge on any atom is 0.170 e. The van der Waals surface area contributed by atoms with Crippen LogP contribution in [0.15, 0.2) is 60.9 Å². The molecule has 0 saturated carbocycles. The molecule has 1 N–H and O–H groups in total. The Hall–Kier alpha value is -2.16. The minimum absolute atomic E-state index is 0.0461. The standard InChI is InChI=1S/C24H25Cl2N5OS/c25-17-6-7-20(18(26)16-17)30-9-3-5-21(30)23-22(19-4-1-2-8-27-19)28-24(33)31(23)11-10-29-12-14-32-15-13-29/h1-9,16,22-23H,10-15H2,(H,28,33)/t22-,23+/m0/s1. The number of hydrogen-bond acceptors (Lipinski definition) is 4. The van der Waals surface area contributed by atoms with Crippen molar-refractivity contribution in [3.05, 3.63) is 82.4 Å². The number of halogens is 2. The second kappa shape index (κ2) is 9.99. The molecule has 2 aromatic heterocycles. The molecule has 0 amide bonds. The average molecular weight is 502 g/mol. The van der Waals surface area contributed by atoms with Gasteiger partial charge >= 0.3 is 0 Å². The largest absolute Gasteiger partial charge is 0.379 e. The second-order valence-corrected chi connectivity index (χ2v) is 9.40. The lowest BCUT2D eigenvalue weighted by Crippen LogP contribution is -2.42. The van der Waals surface area contributed by atoms with Crippen molar-refractivity contribution in [2.75, 3.05) is 39.4 Å². The van der Waals surface area contributed by atoms with Crippen LogP contribution in [-0.2, 0) is 4.74 Å². The summed E-state index contributed by atoms with van der Waals surface area (Å²) in [5, 5.41) is 5.48. The van der Waals surface area contributed by atoms with Crippen molar-refractivity contribution in [2.45, 2.75) is 12.1 Å². The molecule has 0 aliphatic carbocycles. The third-order valence-electron chi connectivity index (χ3n) is 6.21. The third kappa shape index (κ3) is 4.74. The zero-order chi connectivity index (χ0) is 22.8. The summed E-state index contributed by atoms with van der Waals surface area (Å²) in [6.07, 6.45) is 3.85. The lowest BCUT2D eigenvalue weighted by Gasteiger charge is -2.32. The van der Waals surface area contributed by atoms with Gasteiger partial charge in [0.2, 0.25) is 0 Å². The van der Waals surface area contributed by atoms with E-state index in [9.17, 15) is 0 Å². The molecular weight excluding hydrogens is 477 g/mol. The van der Waals surface area contributed by atoms with E-state index in [1.54, 1.807) is 6.07 Å². The van der Waals surface area contributed by atoms with Gasteiger partial charge in [-0.15, -0.1) is 0 Å². The molecule has 5 rings (SSSR count). The molecule has 0 spiro atoms. The van der Waals surface area contributed by atoms with Gasteiger partial charge in [0.05, 0.1) is 41.7 Å². The highest BCUT2D eigenvalue weighted by atomic mass is 35.5. The van der Waals surface area contributed by atoms with Crippen LogP contribution in [0.5, 0.6) is 0 Å². The first kappa shape index (κ1) is 22.6. The van der Waals surface area contributed by atoms with E-state index in [4.69, 9.17) is 40.2 Å². The predicted molar refractivity (Wildman–Crippen MR) is 135 cm³/mol. The fourth-order valence-corrected chi connectivity index (χ4v) is 5.40. The van der Waals surface area contributed by atoms with Crippen LogP contribution in [0.1, 0.15) is 23.5 Å². The van der Waals surface area contributed by atoms with E-state index in [1.165, 1.54) is 0 Å². The highest BCUT2D eigenvalue weighted by Gasteiger charge is 2.41. The molecule has 9 heteroatoms. The minimum Gasteiger partial charge on any atom is -0.379 e. The molecule has 0 unspecified atom stereocenters. The van der Waals surface area contributed by atoms with Crippen molar-refractivity contribution >= 4 is 40.5 Å². The van der Waals surface area contributed by atoms with Gasteiger partial charge in [-0.3, -0.25) is 9.88 Å². The molecule has 6 nitrogen and oxygen atoms in total. The molecule has 33 heavy (non-hydrogen) atoms. The van der Waals surface area contributed by atoms with Crippen LogP contribution >= 0.6 is 35.4 Å². The van der Waals surface area contributed by atoms with Crippen molar-refractivity contribution in [2.24, 2.45) is 0 Å². The van der Waals surface area contributed by atoms with Crippen molar-refractivity contribution in [1.29, 1.82) is 0 Å². The normalized spacial score (nSPS) is 21.4. The maximum atomic E-state index is 6.59. The van der Waals surface area contributed by atoms with Gasteiger partial charge in [0.1, 0.15) is 0 Å². The van der Waals surface area contributed by atoms with E-state index in [1.807, 2.05) is 48.8 Å². The molecule has 0 radical (unpaired) electrons. The summed E-state index contributed by atoms with van der Waals surface area (Å²) in [6.45, 7) is 5.16. The molecule has 4 heterocycles. The average Bonchev–Trinajstić information content (AvgIpc) is 3.43. The van der Waals surface area contributed by atoms with Crippen molar-refractivity contribution in [1.82, 2.24) is 24.7 Å². The smallest absolute Gasteiger partial charge is 0.170 e. The first-order chi connectivity index (χ1) is 16.1. The van der Waals surface area contributed by atoms with E-state index in [0.29, 0.717) is 10.0 Å². The highest BCUT2D eigenvalue weighted by molar-refractivity contribution is 7.80. The van der Waals surface area contributed by atoms with E-state index < -0.39 is 0 Å². The van der Waals surface area contributed by atoms with Gasteiger partial charge in [0.15, 0.2) is 5.11 Å². The van der Waals surface area contributed by atoms with Crippen LogP contribution in [0.25, 0.3) is 5.69 Å². The monoisotopic (exact) mass is 501 g/mol. The van der Waals surface area contributed by atoms with Crippen LogP contribution in [-0.4, -0.2) is 63.9 Å². The Morgan fingerprint density at radius 1 is 1.06 bits per heavy atom. The lowest BCUT2D eigenvalue weighted by molar-refractivity contribution is 0.0349. The number of morpholine rings is 1. The van der Waals surface area contributed by atoms with Gasteiger partial charge in [0, 0.05) is 49.3 Å². The van der Waals surface area contributed by atoms with E-state index in [-0.39, 0.29) is 12.1 Å². The molecule has 2 aliphatic rings. The zero-order valence-corrected chi connectivity index (χ0v) is 20.4. The van der Waals surface area contributed by atoms with Gasteiger partial charge in [-0.2, -0.15) is 0 Å². The Kier molecular flexibility index (Phi) is 6.85. The fourth-order valence-electron chi connectivity index (χ4n) is 4.57. The van der Waals surface area contributed by atoms with Crippen LogP contribution in [0.4, 0.5) is 0 Å². The van der Waals surface area contributed by atoms with Gasteiger partial charge < -0.3 is 19.5 Å². The van der Waals surface area contributed by atoms with Gasteiger partial charge in [-0.25, -0.2) is 0 Å². The van der Waals surface area contributed by atoms with E-state index >= 15 is 0 Å². The highest BCUT2D eigenvalue weighted by Crippen LogP contribution is 2.40. The number of ether oxygens (including phenoxy) is 1. The van der Waals surface area contributed by atoms with Crippen LogP contribution < -0.4 is 5.32 Å². The Labute approximate surface area is 209 Å². The SMILES string of the molecule is S=C1N[C@@H](c2ccccn2)[C@@H](c2cccn2-c2ccc(Cl)cc2Cl)N1CCN1CCOCC1. The number of pyridine rings is 1. The Morgan fingerprint density at radius 2 is 1.91 bits per heavy atom. The summed E-state index contributed by atoms with van der Waals surface area (Å²) >= 11 is 18.6. The molecule has 2 aliphatic heterocycles. The third-order valence-corrected chi connectivity index (χ3v) is 7.10. The number of hydrogen-bond donors (Lipinski definition) is 1. The molecule has 172 valence electrons. The topological polar surface area (TPSA) is 45.6 Å². The molecule has 2 saturated heterocycles. The summed E-state index contributed by atoms with van der Waals surface area (Å²) in [4.78, 5) is 9.34. The molecule has 0 bridgehead atoms. The number of nitrogens with zero attached hydrogens (tertiary/aromatic N) is 4. The Bertz CT molecular complexity index is 1120. The number of benzene rings is 1. The number of rotatable bonds is 6. The van der Waals surface area contributed by atoms with Gasteiger partial charge in [-0.1, -0.05) is 29.3 Å². The van der Waals surface area contributed by atoms with Crippen molar-refractivity contribution < 1.29 is 4.74 Å². The summed E-state index contributed by atoms with van der Waals surface area (Å²) < 4.78 is 7.63. The van der Waals surface area contributed by atoms with Crippen molar-refractivity contribution in [3.8, 4) is 5.69 Å². The molecule has 2 fully saturated rings. The quantitative estimate of drug-likeness (QED) is 0.502.